The molecule has 4 nitrogen and oxygen atoms in total. The summed E-state index contributed by atoms with van der Waals surface area (Å²) in [5.74, 6) is 1.37. The molecule has 0 saturated carbocycles. The molecular formula is C16H20N2O2. The number of ether oxygens (including phenoxy) is 1. The smallest absolute Gasteiger partial charge is 0.255 e. The van der Waals surface area contributed by atoms with Crippen molar-refractivity contribution in [3.05, 3.63) is 46.1 Å². The molecule has 0 radical (unpaired) electrons. The molecule has 1 fully saturated rings. The Bertz CT molecular complexity index is 590. The Morgan fingerprint density at radius 2 is 1.95 bits per heavy atom. The summed E-state index contributed by atoms with van der Waals surface area (Å²) >= 11 is 0. The van der Waals surface area contributed by atoms with E-state index in [0.717, 1.165) is 25.3 Å². The fourth-order valence-corrected chi connectivity index (χ4v) is 2.89. The van der Waals surface area contributed by atoms with Gasteiger partial charge in [-0.3, -0.25) is 0 Å². The monoisotopic (exact) mass is 272 g/mol. The average molecular weight is 272 g/mol. The quantitative estimate of drug-likeness (QED) is 0.858. The lowest BCUT2D eigenvalue weighted by molar-refractivity contribution is 0.0835. The van der Waals surface area contributed by atoms with Gasteiger partial charge in [-0.15, -0.1) is 0 Å². The van der Waals surface area contributed by atoms with Gasteiger partial charge in [0, 0.05) is 13.0 Å². The van der Waals surface area contributed by atoms with E-state index in [4.69, 9.17) is 9.26 Å². The van der Waals surface area contributed by atoms with Crippen LogP contribution in [0.25, 0.3) is 0 Å². The summed E-state index contributed by atoms with van der Waals surface area (Å²) in [5, 5.41) is 4.09. The third-order valence-corrected chi connectivity index (χ3v) is 3.86. The van der Waals surface area contributed by atoms with E-state index < -0.39 is 0 Å². The molecule has 1 saturated heterocycles. The van der Waals surface area contributed by atoms with E-state index in [0.29, 0.717) is 12.3 Å². The molecule has 20 heavy (non-hydrogen) atoms. The molecule has 3 rings (SSSR count). The summed E-state index contributed by atoms with van der Waals surface area (Å²) < 4.78 is 10.9. The lowest BCUT2D eigenvalue weighted by atomic mass is 9.97. The first-order valence-electron chi connectivity index (χ1n) is 7.14. The first kappa shape index (κ1) is 13.3. The van der Waals surface area contributed by atoms with Crippen LogP contribution in [0.4, 0.5) is 0 Å². The molecule has 1 aromatic heterocycles. The molecule has 1 atom stereocenters. The minimum atomic E-state index is -0.00328. The van der Waals surface area contributed by atoms with Gasteiger partial charge >= 0.3 is 0 Å². The largest absolute Gasteiger partial charge is 0.368 e. The van der Waals surface area contributed by atoms with Crippen LogP contribution in [0.2, 0.25) is 0 Å². The van der Waals surface area contributed by atoms with E-state index in [1.807, 2.05) is 0 Å². The van der Waals surface area contributed by atoms with Crippen LogP contribution in [0.15, 0.2) is 16.7 Å². The Labute approximate surface area is 119 Å². The highest BCUT2D eigenvalue weighted by Crippen LogP contribution is 2.27. The van der Waals surface area contributed by atoms with Crippen molar-refractivity contribution >= 4 is 0 Å². The number of benzene rings is 1. The second kappa shape index (κ2) is 5.37. The van der Waals surface area contributed by atoms with Crippen molar-refractivity contribution < 1.29 is 9.26 Å². The summed E-state index contributed by atoms with van der Waals surface area (Å²) in [4.78, 5) is 4.49. The number of rotatable bonds is 3. The number of nitrogens with zero attached hydrogens (tertiary/aromatic N) is 2. The molecule has 1 unspecified atom stereocenters. The zero-order valence-electron chi connectivity index (χ0n) is 12.3. The van der Waals surface area contributed by atoms with Crippen molar-refractivity contribution in [1.29, 1.82) is 0 Å². The van der Waals surface area contributed by atoms with Gasteiger partial charge in [-0.1, -0.05) is 22.9 Å². The van der Waals surface area contributed by atoms with Crippen molar-refractivity contribution in [3.63, 3.8) is 0 Å². The molecule has 4 heteroatoms. The lowest BCUT2D eigenvalue weighted by Crippen LogP contribution is -2.00. The van der Waals surface area contributed by atoms with E-state index in [1.54, 1.807) is 0 Å². The van der Waals surface area contributed by atoms with Crippen LogP contribution in [0, 0.1) is 20.8 Å². The Hall–Kier alpha value is -1.68. The van der Waals surface area contributed by atoms with Gasteiger partial charge in [0.25, 0.3) is 5.89 Å². The molecule has 2 aromatic rings. The topological polar surface area (TPSA) is 48.2 Å². The van der Waals surface area contributed by atoms with Gasteiger partial charge in [0.1, 0.15) is 6.10 Å². The molecule has 0 aliphatic carbocycles. The van der Waals surface area contributed by atoms with E-state index in [-0.39, 0.29) is 6.10 Å². The maximum absolute atomic E-state index is 5.57. The predicted octanol–water partition coefficient (Wildman–Crippen LogP) is 3.44. The Morgan fingerprint density at radius 1 is 1.20 bits per heavy atom. The predicted molar refractivity (Wildman–Crippen MR) is 75.7 cm³/mol. The average Bonchev–Trinajstić information content (AvgIpc) is 3.04. The fourth-order valence-electron chi connectivity index (χ4n) is 2.89. The van der Waals surface area contributed by atoms with Gasteiger partial charge in [-0.25, -0.2) is 0 Å². The fraction of sp³-hybridized carbons (Fsp3) is 0.500. The van der Waals surface area contributed by atoms with Gasteiger partial charge < -0.3 is 9.26 Å². The van der Waals surface area contributed by atoms with Crippen molar-refractivity contribution in [3.8, 4) is 0 Å². The van der Waals surface area contributed by atoms with Crippen LogP contribution in [0.3, 0.4) is 0 Å². The second-order valence-electron chi connectivity index (χ2n) is 5.60. The molecule has 2 heterocycles. The molecule has 0 spiro atoms. The third-order valence-electron chi connectivity index (χ3n) is 3.86. The van der Waals surface area contributed by atoms with Crippen LogP contribution in [-0.4, -0.2) is 16.7 Å². The van der Waals surface area contributed by atoms with Crippen molar-refractivity contribution in [1.82, 2.24) is 10.1 Å². The van der Waals surface area contributed by atoms with Crippen LogP contribution in [-0.2, 0) is 11.2 Å². The van der Waals surface area contributed by atoms with E-state index in [2.05, 4.69) is 43.0 Å². The normalized spacial score (nSPS) is 18.6. The van der Waals surface area contributed by atoms with Crippen molar-refractivity contribution in [2.75, 3.05) is 6.61 Å². The first-order chi connectivity index (χ1) is 9.63. The van der Waals surface area contributed by atoms with E-state index in [1.165, 1.54) is 22.3 Å². The molecule has 0 N–H and O–H groups in total. The highest BCUT2D eigenvalue weighted by atomic mass is 16.5. The van der Waals surface area contributed by atoms with Crippen LogP contribution >= 0.6 is 0 Å². The Kier molecular flexibility index (Phi) is 3.57. The number of aromatic nitrogens is 2. The summed E-state index contributed by atoms with van der Waals surface area (Å²) in [6.07, 6.45) is 2.76. The minimum absolute atomic E-state index is 0.00328. The molecule has 1 aliphatic rings. The highest BCUT2D eigenvalue weighted by Gasteiger charge is 2.24. The molecule has 106 valence electrons. The Balaban J connectivity index is 1.81. The van der Waals surface area contributed by atoms with E-state index >= 15 is 0 Å². The maximum Gasteiger partial charge on any atom is 0.255 e. The zero-order valence-corrected chi connectivity index (χ0v) is 12.3. The van der Waals surface area contributed by atoms with Crippen LogP contribution in [0.5, 0.6) is 0 Å². The summed E-state index contributed by atoms with van der Waals surface area (Å²) in [5.41, 5.74) is 5.14. The van der Waals surface area contributed by atoms with Gasteiger partial charge in [0.2, 0.25) is 0 Å². The SMILES string of the molecule is Cc1cc(C)c(Cc2noc(C3CCCO3)n2)c(C)c1. The van der Waals surface area contributed by atoms with Gasteiger partial charge in [0.05, 0.1) is 0 Å². The zero-order chi connectivity index (χ0) is 14.1. The number of aryl methyl sites for hydroxylation is 3. The lowest BCUT2D eigenvalue weighted by Gasteiger charge is -2.09. The maximum atomic E-state index is 5.57. The molecule has 1 aliphatic heterocycles. The molecule has 0 bridgehead atoms. The van der Waals surface area contributed by atoms with Crippen molar-refractivity contribution in [2.45, 2.75) is 46.1 Å². The molecule has 0 amide bonds. The number of hydrogen-bond donors (Lipinski definition) is 0. The van der Waals surface area contributed by atoms with Crippen LogP contribution in [0.1, 0.15) is 52.9 Å². The standard InChI is InChI=1S/C16H20N2O2/c1-10-7-11(2)13(12(3)8-10)9-15-17-16(20-18-15)14-5-4-6-19-14/h7-8,14H,4-6,9H2,1-3H3. The van der Waals surface area contributed by atoms with Crippen molar-refractivity contribution in [2.24, 2.45) is 0 Å². The van der Waals surface area contributed by atoms with Gasteiger partial charge in [-0.2, -0.15) is 4.98 Å². The molecular weight excluding hydrogens is 252 g/mol. The summed E-state index contributed by atoms with van der Waals surface area (Å²) in [7, 11) is 0. The van der Waals surface area contributed by atoms with Crippen LogP contribution < -0.4 is 0 Å². The first-order valence-corrected chi connectivity index (χ1v) is 7.14. The second-order valence-corrected chi connectivity index (χ2v) is 5.60. The third kappa shape index (κ3) is 2.61. The van der Waals surface area contributed by atoms with E-state index in [9.17, 15) is 0 Å². The number of hydrogen-bond acceptors (Lipinski definition) is 4. The minimum Gasteiger partial charge on any atom is -0.368 e. The summed E-state index contributed by atoms with van der Waals surface area (Å²) in [6, 6.07) is 4.40. The Morgan fingerprint density at radius 3 is 2.60 bits per heavy atom. The molecule has 1 aromatic carbocycles. The van der Waals surface area contributed by atoms with Gasteiger partial charge in [0.15, 0.2) is 5.82 Å². The summed E-state index contributed by atoms with van der Waals surface area (Å²) in [6.45, 7) is 7.18. The highest BCUT2D eigenvalue weighted by molar-refractivity contribution is 5.38. The van der Waals surface area contributed by atoms with Gasteiger partial charge in [-0.05, 0) is 50.3 Å².